The summed E-state index contributed by atoms with van der Waals surface area (Å²) in [5, 5.41) is 8.73. The maximum absolute atomic E-state index is 11.9. The minimum Gasteiger partial charge on any atom is -0.481 e. The van der Waals surface area contributed by atoms with E-state index in [9.17, 15) is 8.42 Å². The van der Waals surface area contributed by atoms with Crippen LogP contribution in [-0.2, 0) is 10.0 Å². The summed E-state index contributed by atoms with van der Waals surface area (Å²) in [5.74, 6) is 0.970. The summed E-state index contributed by atoms with van der Waals surface area (Å²) in [6, 6.07) is 8.73. The fourth-order valence-electron chi connectivity index (χ4n) is 3.93. The van der Waals surface area contributed by atoms with E-state index in [1.807, 2.05) is 18.2 Å². The number of anilines is 1. The van der Waals surface area contributed by atoms with E-state index >= 15 is 0 Å². The number of nitrogens with one attached hydrogen (secondary N) is 1. The quantitative estimate of drug-likeness (QED) is 0.432. The lowest BCUT2D eigenvalue weighted by atomic mass is 9.92. The number of ether oxygens (including phenoxy) is 1. The molecule has 0 aliphatic heterocycles. The second-order valence-corrected chi connectivity index (χ2v) is 10.3. The molecule has 2 aromatic heterocycles. The van der Waals surface area contributed by atoms with Crippen molar-refractivity contribution in [2.24, 2.45) is 10.9 Å². The first kappa shape index (κ1) is 25.1. The number of hydrogen-bond acceptors (Lipinski definition) is 8. The van der Waals surface area contributed by atoms with E-state index in [1.54, 1.807) is 24.5 Å². The summed E-state index contributed by atoms with van der Waals surface area (Å²) in [4.78, 5) is 13.2. The van der Waals surface area contributed by atoms with E-state index in [-0.39, 0.29) is 16.0 Å². The molecule has 0 amide bonds. The first-order valence-corrected chi connectivity index (χ1v) is 13.1. The molecule has 4 rings (SSSR count). The van der Waals surface area contributed by atoms with Gasteiger partial charge in [0.2, 0.25) is 21.9 Å². The number of halogens is 1. The maximum Gasteiger partial charge on any atom is 0.239 e. The van der Waals surface area contributed by atoms with Gasteiger partial charge in [-0.3, -0.25) is 0 Å². The Kier molecular flexibility index (Phi) is 7.66. The first-order valence-electron chi connectivity index (χ1n) is 11.1. The number of nitrogens with zero attached hydrogens (tertiary/aromatic N) is 3. The predicted molar refractivity (Wildman–Crippen MR) is 137 cm³/mol. The molecule has 35 heavy (non-hydrogen) atoms. The maximum atomic E-state index is 11.9. The highest BCUT2D eigenvalue weighted by atomic mass is 35.5. The molecule has 0 spiro atoms. The van der Waals surface area contributed by atoms with Gasteiger partial charge in [0.05, 0.1) is 17.8 Å². The molecule has 5 N–H and O–H groups in total. The average molecular weight is 515 g/mol. The van der Waals surface area contributed by atoms with Gasteiger partial charge in [0.25, 0.3) is 0 Å². The lowest BCUT2D eigenvalue weighted by molar-refractivity contribution is 0.398. The highest BCUT2D eigenvalue weighted by Crippen LogP contribution is 2.31. The van der Waals surface area contributed by atoms with Crippen LogP contribution in [0.1, 0.15) is 36.8 Å². The smallest absolute Gasteiger partial charge is 0.239 e. The van der Waals surface area contributed by atoms with Crippen LogP contribution in [0.4, 0.5) is 5.95 Å². The van der Waals surface area contributed by atoms with Gasteiger partial charge in [0, 0.05) is 47.2 Å². The molecule has 0 atom stereocenters. The van der Waals surface area contributed by atoms with Gasteiger partial charge in [-0.05, 0) is 43.9 Å². The molecule has 1 aliphatic rings. The van der Waals surface area contributed by atoms with Crippen molar-refractivity contribution >= 4 is 39.7 Å². The Hall–Kier alpha value is -3.05. The SMILES string of the molecule is COc1ccc(/C=C/c2cnc(NC3CCC(N)CC3)nc2)c(-c2ccc(Cl)c(S(N)(=O)=O)c2)n1. The van der Waals surface area contributed by atoms with Gasteiger partial charge < -0.3 is 15.8 Å². The lowest BCUT2D eigenvalue weighted by Gasteiger charge is -2.26. The van der Waals surface area contributed by atoms with Crippen molar-refractivity contribution in [3.8, 4) is 17.1 Å². The number of hydrogen-bond donors (Lipinski definition) is 3. The zero-order valence-electron chi connectivity index (χ0n) is 19.2. The molecule has 184 valence electrons. The van der Waals surface area contributed by atoms with E-state index in [0.717, 1.165) is 36.8 Å². The monoisotopic (exact) mass is 514 g/mol. The number of pyridine rings is 1. The van der Waals surface area contributed by atoms with Crippen LogP contribution in [0.2, 0.25) is 5.02 Å². The summed E-state index contributed by atoms with van der Waals surface area (Å²) in [5.41, 5.74) is 8.54. The Bertz CT molecular complexity index is 1320. The summed E-state index contributed by atoms with van der Waals surface area (Å²) in [7, 11) is -2.50. The highest BCUT2D eigenvalue weighted by molar-refractivity contribution is 7.89. The number of primary sulfonamides is 1. The number of rotatable bonds is 7. The van der Waals surface area contributed by atoms with Crippen molar-refractivity contribution in [1.82, 2.24) is 15.0 Å². The van der Waals surface area contributed by atoms with Crippen molar-refractivity contribution in [1.29, 1.82) is 0 Å². The number of nitrogens with two attached hydrogens (primary N) is 2. The molecule has 3 aromatic rings. The Morgan fingerprint density at radius 3 is 2.46 bits per heavy atom. The molecular formula is C24H27ClN6O3S. The lowest BCUT2D eigenvalue weighted by Crippen LogP contribution is -2.33. The van der Waals surface area contributed by atoms with Crippen LogP contribution in [0, 0.1) is 0 Å². The van der Waals surface area contributed by atoms with Gasteiger partial charge in [0.15, 0.2) is 0 Å². The van der Waals surface area contributed by atoms with Gasteiger partial charge in [-0.1, -0.05) is 29.8 Å². The summed E-state index contributed by atoms with van der Waals surface area (Å²) < 4.78 is 29.1. The van der Waals surface area contributed by atoms with Crippen molar-refractivity contribution in [2.75, 3.05) is 12.4 Å². The van der Waals surface area contributed by atoms with Crippen LogP contribution >= 0.6 is 11.6 Å². The largest absolute Gasteiger partial charge is 0.481 e. The van der Waals surface area contributed by atoms with Crippen molar-refractivity contribution < 1.29 is 13.2 Å². The molecule has 11 heteroatoms. The number of benzene rings is 1. The van der Waals surface area contributed by atoms with Crippen LogP contribution in [0.5, 0.6) is 5.88 Å². The standard InChI is InChI=1S/C24H27ClN6O3S/c1-34-22-11-5-16(23(31-22)17-4-10-20(25)21(12-17)35(27,32)33)3-2-15-13-28-24(29-14-15)30-19-8-6-18(26)7-9-19/h2-5,10-14,18-19H,6-9,26H2,1H3,(H2,27,32,33)(H,28,29,30)/b3-2+. The molecule has 2 heterocycles. The number of aromatic nitrogens is 3. The van der Waals surface area contributed by atoms with Crippen LogP contribution < -0.4 is 20.9 Å². The van der Waals surface area contributed by atoms with Crippen LogP contribution in [0.3, 0.4) is 0 Å². The van der Waals surface area contributed by atoms with E-state index in [4.69, 9.17) is 27.2 Å². The fraction of sp³-hybridized carbons (Fsp3) is 0.292. The van der Waals surface area contributed by atoms with Crippen molar-refractivity contribution in [3.05, 3.63) is 58.9 Å². The average Bonchev–Trinajstić information content (AvgIpc) is 2.84. The van der Waals surface area contributed by atoms with E-state index in [1.165, 1.54) is 19.2 Å². The molecule has 1 fully saturated rings. The zero-order chi connectivity index (χ0) is 25.0. The molecule has 0 unspecified atom stereocenters. The Morgan fingerprint density at radius 1 is 1.09 bits per heavy atom. The summed E-state index contributed by atoms with van der Waals surface area (Å²) >= 11 is 6.05. The van der Waals surface area contributed by atoms with Gasteiger partial charge in [-0.25, -0.2) is 28.5 Å². The van der Waals surface area contributed by atoms with Crippen LogP contribution in [-0.4, -0.2) is 42.6 Å². The van der Waals surface area contributed by atoms with Gasteiger partial charge in [-0.15, -0.1) is 0 Å². The Balaban J connectivity index is 1.58. The van der Waals surface area contributed by atoms with Crippen molar-refractivity contribution in [3.63, 3.8) is 0 Å². The van der Waals surface area contributed by atoms with E-state index < -0.39 is 10.0 Å². The van der Waals surface area contributed by atoms with Crippen LogP contribution in [0.25, 0.3) is 23.4 Å². The molecule has 1 saturated carbocycles. The molecule has 0 saturated heterocycles. The topological polar surface area (TPSA) is 146 Å². The highest BCUT2D eigenvalue weighted by Gasteiger charge is 2.19. The van der Waals surface area contributed by atoms with Crippen LogP contribution in [0.15, 0.2) is 47.6 Å². The number of sulfonamides is 1. The minimum atomic E-state index is -4.00. The second-order valence-electron chi connectivity index (χ2n) is 8.41. The third kappa shape index (κ3) is 6.34. The second kappa shape index (κ2) is 10.7. The normalized spacial score (nSPS) is 18.5. The predicted octanol–water partition coefficient (Wildman–Crippen LogP) is 3.70. The summed E-state index contributed by atoms with van der Waals surface area (Å²) in [6.07, 6.45) is 11.2. The fourth-order valence-corrected chi connectivity index (χ4v) is 5.00. The molecule has 9 nitrogen and oxygen atoms in total. The van der Waals surface area contributed by atoms with E-state index in [2.05, 4.69) is 20.3 Å². The third-order valence-corrected chi connectivity index (χ3v) is 7.25. The van der Waals surface area contributed by atoms with E-state index in [0.29, 0.717) is 29.1 Å². The van der Waals surface area contributed by atoms with Gasteiger partial charge in [0.1, 0.15) is 4.90 Å². The van der Waals surface area contributed by atoms with Crippen molar-refractivity contribution in [2.45, 2.75) is 42.7 Å². The Morgan fingerprint density at radius 2 is 1.80 bits per heavy atom. The molecule has 1 aromatic carbocycles. The molecular weight excluding hydrogens is 488 g/mol. The molecule has 0 bridgehead atoms. The van der Waals surface area contributed by atoms with Gasteiger partial charge >= 0.3 is 0 Å². The molecule has 0 radical (unpaired) electrons. The third-order valence-electron chi connectivity index (χ3n) is 5.85. The first-order chi connectivity index (χ1) is 16.7. The Labute approximate surface area is 209 Å². The zero-order valence-corrected chi connectivity index (χ0v) is 20.8. The van der Waals surface area contributed by atoms with Gasteiger partial charge in [-0.2, -0.15) is 0 Å². The minimum absolute atomic E-state index is 0.0400. The number of methoxy groups -OCH3 is 1. The summed E-state index contributed by atoms with van der Waals surface area (Å²) in [6.45, 7) is 0. The molecule has 1 aliphatic carbocycles.